The number of hydrogen-bond donors (Lipinski definition) is 1. The van der Waals surface area contributed by atoms with Crippen LogP contribution in [0.4, 0.5) is 0 Å². The lowest BCUT2D eigenvalue weighted by molar-refractivity contribution is 0.100. The molecule has 1 aromatic heterocycles. The van der Waals surface area contributed by atoms with Crippen molar-refractivity contribution < 1.29 is 9.53 Å². The van der Waals surface area contributed by atoms with E-state index in [0.717, 1.165) is 27.3 Å². The van der Waals surface area contributed by atoms with E-state index in [2.05, 4.69) is 19.1 Å². The largest absolute Gasteiger partial charge is 0.488 e. The number of benzene rings is 1. The van der Waals surface area contributed by atoms with Gasteiger partial charge in [-0.2, -0.15) is 0 Å². The van der Waals surface area contributed by atoms with Crippen LogP contribution in [0.5, 0.6) is 5.75 Å². The summed E-state index contributed by atoms with van der Waals surface area (Å²) in [7, 11) is 0. The summed E-state index contributed by atoms with van der Waals surface area (Å²) < 4.78 is 5.78. The van der Waals surface area contributed by atoms with Gasteiger partial charge in [-0.15, -0.1) is 11.3 Å². The molecule has 1 aliphatic heterocycles. The minimum absolute atomic E-state index is 0.375. The van der Waals surface area contributed by atoms with Crippen molar-refractivity contribution in [2.75, 3.05) is 0 Å². The van der Waals surface area contributed by atoms with Crippen molar-refractivity contribution in [3.8, 4) is 16.2 Å². The normalized spacial score (nSPS) is 12.6. The number of fused-ring (bicyclic) bond motifs is 3. The summed E-state index contributed by atoms with van der Waals surface area (Å²) in [6, 6.07) is 6.04. The Morgan fingerprint density at radius 2 is 2.11 bits per heavy atom. The van der Waals surface area contributed by atoms with Crippen LogP contribution in [0.25, 0.3) is 10.4 Å². The average Bonchev–Trinajstić information content (AvgIpc) is 2.72. The number of carbonyl (C=O) groups excluding carboxylic acids is 1. The lowest BCUT2D eigenvalue weighted by Crippen LogP contribution is -2.08. The highest BCUT2D eigenvalue weighted by atomic mass is 32.1. The summed E-state index contributed by atoms with van der Waals surface area (Å²) in [6.45, 7) is 4.61. The van der Waals surface area contributed by atoms with Gasteiger partial charge in [0.05, 0.1) is 4.88 Å². The molecular weight excluding hydrogens is 246 g/mol. The van der Waals surface area contributed by atoms with Crippen LogP contribution in [0.15, 0.2) is 18.2 Å². The fraction of sp³-hybridized carbons (Fsp3) is 0.214. The molecule has 0 atom stereocenters. The van der Waals surface area contributed by atoms with Gasteiger partial charge in [-0.3, -0.25) is 4.79 Å². The van der Waals surface area contributed by atoms with Gasteiger partial charge >= 0.3 is 0 Å². The third-order valence-corrected chi connectivity index (χ3v) is 4.31. The van der Waals surface area contributed by atoms with Crippen LogP contribution in [-0.4, -0.2) is 5.91 Å². The zero-order valence-electron chi connectivity index (χ0n) is 10.2. The van der Waals surface area contributed by atoms with E-state index >= 15 is 0 Å². The van der Waals surface area contributed by atoms with Crippen molar-refractivity contribution in [3.63, 3.8) is 0 Å². The molecule has 0 saturated heterocycles. The molecule has 2 heterocycles. The number of nitrogens with two attached hydrogens (primary N) is 1. The van der Waals surface area contributed by atoms with Crippen molar-refractivity contribution >= 4 is 17.2 Å². The van der Waals surface area contributed by atoms with Crippen molar-refractivity contribution in [2.45, 2.75) is 20.5 Å². The Balaban J connectivity index is 2.24. The second-order valence-corrected chi connectivity index (χ2v) is 5.63. The molecule has 0 spiro atoms. The number of hydrogen-bond acceptors (Lipinski definition) is 3. The molecule has 0 fully saturated rings. The van der Waals surface area contributed by atoms with E-state index in [0.29, 0.717) is 11.5 Å². The van der Waals surface area contributed by atoms with Gasteiger partial charge in [0.15, 0.2) is 0 Å². The number of amides is 1. The van der Waals surface area contributed by atoms with Gasteiger partial charge in [0, 0.05) is 16.0 Å². The van der Waals surface area contributed by atoms with Gasteiger partial charge in [-0.05, 0) is 37.1 Å². The van der Waals surface area contributed by atoms with Crippen LogP contribution in [0, 0.1) is 13.8 Å². The molecule has 18 heavy (non-hydrogen) atoms. The summed E-state index contributed by atoms with van der Waals surface area (Å²) in [6.07, 6.45) is 0. The van der Waals surface area contributed by atoms with E-state index < -0.39 is 0 Å². The predicted octanol–water partition coefficient (Wildman–Crippen LogP) is 3.02. The van der Waals surface area contributed by atoms with Crippen molar-refractivity contribution in [1.29, 1.82) is 0 Å². The number of thiophene rings is 1. The molecule has 0 unspecified atom stereocenters. The van der Waals surface area contributed by atoms with Gasteiger partial charge < -0.3 is 10.5 Å². The lowest BCUT2D eigenvalue weighted by atomic mass is 10.0. The smallest absolute Gasteiger partial charge is 0.258 e. The molecule has 4 heteroatoms. The number of aryl methyl sites for hydroxylation is 2. The maximum absolute atomic E-state index is 11.3. The number of ether oxygens (including phenoxy) is 1. The molecule has 0 saturated carbocycles. The Labute approximate surface area is 109 Å². The van der Waals surface area contributed by atoms with E-state index in [1.807, 2.05) is 13.0 Å². The SMILES string of the molecule is Cc1cc(C)c2c(c1)-c1sc(C(N)=O)cc1CO2. The van der Waals surface area contributed by atoms with E-state index in [1.54, 1.807) is 0 Å². The molecule has 2 N–H and O–H groups in total. The molecule has 92 valence electrons. The predicted molar refractivity (Wildman–Crippen MR) is 72.1 cm³/mol. The molecule has 1 aliphatic rings. The Hall–Kier alpha value is -1.81. The fourth-order valence-electron chi connectivity index (χ4n) is 2.35. The third kappa shape index (κ3) is 1.61. The average molecular weight is 259 g/mol. The van der Waals surface area contributed by atoms with Crippen LogP contribution in [0.2, 0.25) is 0 Å². The van der Waals surface area contributed by atoms with E-state index in [9.17, 15) is 4.79 Å². The summed E-state index contributed by atoms with van der Waals surface area (Å²) in [5.41, 5.74) is 9.78. The highest BCUT2D eigenvalue weighted by molar-refractivity contribution is 7.17. The highest BCUT2D eigenvalue weighted by Gasteiger charge is 2.23. The standard InChI is InChI=1S/C14H13NO2S/c1-7-3-8(2)12-10(4-7)13-9(6-17-12)5-11(18-13)14(15)16/h3-5H,6H2,1-2H3,(H2,15,16). The quantitative estimate of drug-likeness (QED) is 0.855. The number of rotatable bonds is 1. The lowest BCUT2D eigenvalue weighted by Gasteiger charge is -2.20. The summed E-state index contributed by atoms with van der Waals surface area (Å²) >= 11 is 1.45. The molecule has 1 amide bonds. The maximum atomic E-state index is 11.3. The second kappa shape index (κ2) is 3.85. The zero-order chi connectivity index (χ0) is 12.9. The highest BCUT2D eigenvalue weighted by Crippen LogP contribution is 2.44. The fourth-order valence-corrected chi connectivity index (χ4v) is 3.38. The van der Waals surface area contributed by atoms with E-state index in [-0.39, 0.29) is 5.91 Å². The van der Waals surface area contributed by atoms with Crippen LogP contribution in [-0.2, 0) is 6.61 Å². The van der Waals surface area contributed by atoms with Gasteiger partial charge in [-0.1, -0.05) is 6.07 Å². The van der Waals surface area contributed by atoms with Gasteiger partial charge in [0.2, 0.25) is 0 Å². The zero-order valence-corrected chi connectivity index (χ0v) is 11.1. The first-order valence-corrected chi connectivity index (χ1v) is 6.55. The molecule has 0 bridgehead atoms. The topological polar surface area (TPSA) is 52.3 Å². The molecule has 3 nitrogen and oxygen atoms in total. The first-order valence-electron chi connectivity index (χ1n) is 5.73. The van der Waals surface area contributed by atoms with E-state index in [1.165, 1.54) is 16.9 Å². The van der Waals surface area contributed by atoms with Crippen molar-refractivity contribution in [3.05, 3.63) is 39.8 Å². The third-order valence-electron chi connectivity index (χ3n) is 3.09. The minimum atomic E-state index is -0.375. The van der Waals surface area contributed by atoms with E-state index in [4.69, 9.17) is 10.5 Å². The summed E-state index contributed by atoms with van der Waals surface area (Å²) in [5.74, 6) is 0.547. The number of primary amides is 1. The summed E-state index contributed by atoms with van der Waals surface area (Å²) in [4.78, 5) is 13.0. The van der Waals surface area contributed by atoms with Gasteiger partial charge in [0.1, 0.15) is 12.4 Å². The molecular formula is C14H13NO2S. The molecule has 2 aromatic rings. The number of carbonyl (C=O) groups is 1. The molecule has 0 aliphatic carbocycles. The van der Waals surface area contributed by atoms with Gasteiger partial charge in [0.25, 0.3) is 5.91 Å². The maximum Gasteiger partial charge on any atom is 0.258 e. The van der Waals surface area contributed by atoms with Crippen molar-refractivity contribution in [1.82, 2.24) is 0 Å². The first-order chi connectivity index (χ1) is 8.56. The minimum Gasteiger partial charge on any atom is -0.488 e. The molecule has 3 rings (SSSR count). The molecule has 1 aromatic carbocycles. The monoisotopic (exact) mass is 259 g/mol. The Kier molecular flexibility index (Phi) is 2.41. The van der Waals surface area contributed by atoms with Crippen LogP contribution in [0.1, 0.15) is 26.4 Å². The van der Waals surface area contributed by atoms with Crippen LogP contribution >= 0.6 is 11.3 Å². The Bertz CT molecular complexity index is 658. The first kappa shape index (κ1) is 11.3. The summed E-state index contributed by atoms with van der Waals surface area (Å²) in [5, 5.41) is 0. The van der Waals surface area contributed by atoms with Crippen molar-refractivity contribution in [2.24, 2.45) is 5.73 Å². The Morgan fingerprint density at radius 3 is 2.83 bits per heavy atom. The van der Waals surface area contributed by atoms with Gasteiger partial charge in [-0.25, -0.2) is 0 Å². The Morgan fingerprint density at radius 1 is 1.33 bits per heavy atom. The van der Waals surface area contributed by atoms with Crippen LogP contribution < -0.4 is 10.5 Å². The second-order valence-electron chi connectivity index (χ2n) is 4.58. The van der Waals surface area contributed by atoms with Crippen LogP contribution in [0.3, 0.4) is 0 Å². The molecule has 0 radical (unpaired) electrons.